The minimum absolute atomic E-state index is 0.453. The summed E-state index contributed by atoms with van der Waals surface area (Å²) in [6.07, 6.45) is 2.71. The van der Waals surface area contributed by atoms with Crippen LogP contribution >= 0.6 is 0 Å². The van der Waals surface area contributed by atoms with E-state index in [0.717, 1.165) is 0 Å². The smallest absolute Gasteiger partial charge is 0.246 e. The number of rotatable bonds is 4. The van der Waals surface area contributed by atoms with Crippen LogP contribution in [-0.4, -0.2) is 5.91 Å². The van der Waals surface area contributed by atoms with Crippen molar-refractivity contribution < 1.29 is 4.79 Å². The van der Waals surface area contributed by atoms with Gasteiger partial charge in [-0.2, -0.15) is 0 Å². The number of allylic oxidation sites excluding steroid dienone is 2. The molecule has 0 aromatic carbocycles. The van der Waals surface area contributed by atoms with Crippen LogP contribution in [0.15, 0.2) is 23.9 Å². The molecule has 0 saturated carbocycles. The Kier molecular flexibility index (Phi) is 4.03. The maximum absolute atomic E-state index is 10.7. The molecule has 0 aromatic heterocycles. The number of hydrogen-bond acceptors (Lipinski definition) is 2. The van der Waals surface area contributed by atoms with E-state index in [9.17, 15) is 4.79 Å². The van der Waals surface area contributed by atoms with Crippen molar-refractivity contribution in [2.24, 2.45) is 11.5 Å². The molecule has 0 aliphatic rings. The Morgan fingerprint density at radius 3 is 2.36 bits per heavy atom. The van der Waals surface area contributed by atoms with Gasteiger partial charge in [-0.25, -0.2) is 0 Å². The molecule has 0 bridgehead atoms. The SMILES string of the molecule is C=CCC(C(N)=O)=C(N)CC. The fourth-order valence-corrected chi connectivity index (χ4v) is 0.748. The molecule has 0 spiro atoms. The minimum Gasteiger partial charge on any atom is -0.402 e. The summed E-state index contributed by atoms with van der Waals surface area (Å²) in [5.74, 6) is -0.454. The average molecular weight is 154 g/mol. The summed E-state index contributed by atoms with van der Waals surface area (Å²) in [4.78, 5) is 10.7. The molecule has 4 N–H and O–H groups in total. The molecule has 0 radical (unpaired) electrons. The predicted molar refractivity (Wildman–Crippen MR) is 45.5 cm³/mol. The lowest BCUT2D eigenvalue weighted by atomic mass is 10.1. The van der Waals surface area contributed by atoms with Gasteiger partial charge in [0.2, 0.25) is 5.91 Å². The predicted octanol–water partition coefficient (Wildman–Crippen LogP) is 0.671. The number of nitrogens with two attached hydrogens (primary N) is 2. The zero-order valence-corrected chi connectivity index (χ0v) is 6.76. The number of hydrogen-bond donors (Lipinski definition) is 2. The third kappa shape index (κ3) is 2.89. The summed E-state index contributed by atoms with van der Waals surface area (Å²) in [5, 5.41) is 0. The van der Waals surface area contributed by atoms with E-state index in [-0.39, 0.29) is 0 Å². The summed E-state index contributed by atoms with van der Waals surface area (Å²) in [6.45, 7) is 5.38. The normalized spacial score (nSPS) is 12.1. The van der Waals surface area contributed by atoms with Crippen molar-refractivity contribution in [1.29, 1.82) is 0 Å². The van der Waals surface area contributed by atoms with Crippen LogP contribution in [0.4, 0.5) is 0 Å². The van der Waals surface area contributed by atoms with E-state index in [4.69, 9.17) is 11.5 Å². The van der Waals surface area contributed by atoms with E-state index in [0.29, 0.717) is 24.1 Å². The number of carbonyl (C=O) groups excluding carboxylic acids is 1. The molecular formula is C8H14N2O. The molecular weight excluding hydrogens is 140 g/mol. The highest BCUT2D eigenvalue weighted by atomic mass is 16.1. The van der Waals surface area contributed by atoms with E-state index >= 15 is 0 Å². The van der Waals surface area contributed by atoms with E-state index in [1.54, 1.807) is 6.08 Å². The van der Waals surface area contributed by atoms with Crippen LogP contribution in [0, 0.1) is 0 Å². The molecule has 0 aliphatic heterocycles. The molecule has 62 valence electrons. The van der Waals surface area contributed by atoms with Gasteiger partial charge in [-0.1, -0.05) is 13.0 Å². The topological polar surface area (TPSA) is 69.1 Å². The maximum atomic E-state index is 10.7. The minimum atomic E-state index is -0.454. The number of amides is 1. The van der Waals surface area contributed by atoms with Crippen LogP contribution in [0.5, 0.6) is 0 Å². The molecule has 11 heavy (non-hydrogen) atoms. The van der Waals surface area contributed by atoms with Crippen LogP contribution in [-0.2, 0) is 4.79 Å². The zero-order valence-electron chi connectivity index (χ0n) is 6.76. The molecule has 0 aromatic rings. The molecule has 1 amide bonds. The van der Waals surface area contributed by atoms with Gasteiger partial charge < -0.3 is 11.5 Å². The van der Waals surface area contributed by atoms with Crippen molar-refractivity contribution >= 4 is 5.91 Å². The first-order valence-electron chi connectivity index (χ1n) is 3.51. The van der Waals surface area contributed by atoms with Crippen molar-refractivity contribution in [1.82, 2.24) is 0 Å². The Balaban J connectivity index is 4.56. The summed E-state index contributed by atoms with van der Waals surface area (Å²) in [7, 11) is 0. The molecule has 0 atom stereocenters. The van der Waals surface area contributed by atoms with Crippen molar-refractivity contribution in [2.75, 3.05) is 0 Å². The van der Waals surface area contributed by atoms with Gasteiger partial charge in [0.05, 0.1) is 0 Å². The van der Waals surface area contributed by atoms with Gasteiger partial charge in [-0.05, 0) is 12.8 Å². The monoisotopic (exact) mass is 154 g/mol. The van der Waals surface area contributed by atoms with Gasteiger partial charge in [0.25, 0.3) is 0 Å². The van der Waals surface area contributed by atoms with Crippen LogP contribution in [0.25, 0.3) is 0 Å². The van der Waals surface area contributed by atoms with E-state index in [1.807, 2.05) is 6.92 Å². The van der Waals surface area contributed by atoms with Crippen molar-refractivity contribution in [3.05, 3.63) is 23.9 Å². The maximum Gasteiger partial charge on any atom is 0.246 e. The second-order valence-electron chi connectivity index (χ2n) is 2.21. The average Bonchev–Trinajstić information content (AvgIpc) is 1.98. The summed E-state index contributed by atoms with van der Waals surface area (Å²) in [5.41, 5.74) is 11.6. The molecule has 0 rings (SSSR count). The lowest BCUT2D eigenvalue weighted by Crippen LogP contribution is -2.18. The molecule has 0 unspecified atom stereocenters. The first kappa shape index (κ1) is 9.75. The Hall–Kier alpha value is -1.25. The van der Waals surface area contributed by atoms with Gasteiger partial charge in [-0.15, -0.1) is 6.58 Å². The van der Waals surface area contributed by atoms with E-state index < -0.39 is 5.91 Å². The number of carbonyl (C=O) groups is 1. The van der Waals surface area contributed by atoms with Gasteiger partial charge in [-0.3, -0.25) is 4.79 Å². The van der Waals surface area contributed by atoms with Crippen molar-refractivity contribution in [3.63, 3.8) is 0 Å². The highest BCUT2D eigenvalue weighted by Gasteiger charge is 2.05. The molecule has 0 saturated heterocycles. The summed E-state index contributed by atoms with van der Waals surface area (Å²) in [6, 6.07) is 0. The first-order chi connectivity index (χ1) is 5.13. The van der Waals surface area contributed by atoms with E-state index in [1.165, 1.54) is 0 Å². The lowest BCUT2D eigenvalue weighted by molar-refractivity contribution is -0.114. The molecule has 0 heterocycles. The Labute approximate surface area is 66.8 Å². The second-order valence-corrected chi connectivity index (χ2v) is 2.21. The molecule has 3 heteroatoms. The van der Waals surface area contributed by atoms with Crippen molar-refractivity contribution in [2.45, 2.75) is 19.8 Å². The summed E-state index contributed by atoms with van der Waals surface area (Å²) < 4.78 is 0. The van der Waals surface area contributed by atoms with Crippen molar-refractivity contribution in [3.8, 4) is 0 Å². The van der Waals surface area contributed by atoms with E-state index in [2.05, 4.69) is 6.58 Å². The molecule has 3 nitrogen and oxygen atoms in total. The fourth-order valence-electron chi connectivity index (χ4n) is 0.748. The Bertz CT molecular complexity index is 194. The summed E-state index contributed by atoms with van der Waals surface area (Å²) >= 11 is 0. The van der Waals surface area contributed by atoms with Crippen LogP contribution in [0.3, 0.4) is 0 Å². The highest BCUT2D eigenvalue weighted by Crippen LogP contribution is 2.06. The van der Waals surface area contributed by atoms with Crippen LogP contribution in [0.2, 0.25) is 0 Å². The van der Waals surface area contributed by atoms with Gasteiger partial charge in [0, 0.05) is 11.3 Å². The van der Waals surface area contributed by atoms with Gasteiger partial charge >= 0.3 is 0 Å². The second kappa shape index (κ2) is 4.55. The fraction of sp³-hybridized carbons (Fsp3) is 0.375. The Morgan fingerprint density at radius 1 is 1.55 bits per heavy atom. The molecule has 0 aliphatic carbocycles. The van der Waals surface area contributed by atoms with Crippen LogP contribution in [0.1, 0.15) is 19.8 Å². The third-order valence-corrected chi connectivity index (χ3v) is 1.41. The lowest BCUT2D eigenvalue weighted by Gasteiger charge is -2.03. The third-order valence-electron chi connectivity index (χ3n) is 1.41. The number of primary amides is 1. The standard InChI is InChI=1S/C8H14N2O/c1-3-5-6(8(10)11)7(9)4-2/h3H,1,4-5,9H2,2H3,(H2,10,11). The van der Waals surface area contributed by atoms with Gasteiger partial charge in [0.1, 0.15) is 0 Å². The van der Waals surface area contributed by atoms with Gasteiger partial charge in [0.15, 0.2) is 0 Å². The quantitative estimate of drug-likeness (QED) is 0.461. The van der Waals surface area contributed by atoms with Crippen LogP contribution < -0.4 is 11.5 Å². The first-order valence-corrected chi connectivity index (χ1v) is 3.51. The largest absolute Gasteiger partial charge is 0.402 e. The zero-order chi connectivity index (χ0) is 8.85. The Morgan fingerprint density at radius 2 is 2.09 bits per heavy atom. The molecule has 0 fully saturated rings. The highest BCUT2D eigenvalue weighted by molar-refractivity contribution is 5.92.